The monoisotopic (exact) mass is 319 g/mol. The molecule has 3 aromatic rings. The van der Waals surface area contributed by atoms with Crippen LogP contribution in [0.15, 0.2) is 48.5 Å². The van der Waals surface area contributed by atoms with Gasteiger partial charge in [0.1, 0.15) is 5.82 Å². The largest absolute Gasteiger partial charge is 0.330 e. The van der Waals surface area contributed by atoms with Crippen molar-refractivity contribution >= 4 is 11.0 Å². The summed E-state index contributed by atoms with van der Waals surface area (Å²) in [4.78, 5) is 7.41. The molecule has 0 aliphatic carbocycles. The number of hydrogen-bond acceptors (Lipinski definition) is 2. The Morgan fingerprint density at radius 2 is 1.79 bits per heavy atom. The number of likely N-dealkylation sites (tertiary alicyclic amines) is 1. The summed E-state index contributed by atoms with van der Waals surface area (Å²) in [6, 6.07) is 17.5. The van der Waals surface area contributed by atoms with E-state index in [1.54, 1.807) is 0 Å². The molecule has 0 amide bonds. The van der Waals surface area contributed by atoms with E-state index in [1.807, 2.05) is 0 Å². The molecule has 124 valence electrons. The third-order valence-electron chi connectivity index (χ3n) is 5.35. The van der Waals surface area contributed by atoms with E-state index in [2.05, 4.69) is 72.0 Å². The van der Waals surface area contributed by atoms with Crippen LogP contribution in [0.2, 0.25) is 0 Å². The highest BCUT2D eigenvalue weighted by Crippen LogP contribution is 2.28. The highest BCUT2D eigenvalue weighted by Gasteiger charge is 2.21. The molecule has 1 aliphatic heterocycles. The van der Waals surface area contributed by atoms with Gasteiger partial charge in [-0.3, -0.25) is 4.90 Å². The Balaban J connectivity index is 1.45. The summed E-state index contributed by atoms with van der Waals surface area (Å²) in [7, 11) is 2.14. The lowest BCUT2D eigenvalue weighted by Crippen LogP contribution is -2.33. The molecule has 2 heterocycles. The molecule has 4 rings (SSSR count). The standard InChI is InChI=1S/C21H25N3/c1-16-8-9-20-19(14-16)22-21(23(20)2)15-24-12-10-18(11-13-24)17-6-4-3-5-7-17/h3-9,14,18H,10-13,15H2,1-2H3. The molecule has 3 heteroatoms. The van der Waals surface area contributed by atoms with Gasteiger partial charge in [0.25, 0.3) is 0 Å². The van der Waals surface area contributed by atoms with Gasteiger partial charge in [0, 0.05) is 7.05 Å². The summed E-state index contributed by atoms with van der Waals surface area (Å²) in [5.74, 6) is 1.89. The smallest absolute Gasteiger partial charge is 0.123 e. The first-order valence-corrected chi connectivity index (χ1v) is 8.90. The predicted octanol–water partition coefficient (Wildman–Crippen LogP) is 4.26. The van der Waals surface area contributed by atoms with Crippen LogP contribution in [0.4, 0.5) is 0 Å². The number of aryl methyl sites for hydroxylation is 2. The van der Waals surface area contributed by atoms with Gasteiger partial charge in [-0.15, -0.1) is 0 Å². The Hall–Kier alpha value is -2.13. The van der Waals surface area contributed by atoms with Crippen molar-refractivity contribution in [3.63, 3.8) is 0 Å². The van der Waals surface area contributed by atoms with Crippen molar-refractivity contribution in [3.8, 4) is 0 Å². The quantitative estimate of drug-likeness (QED) is 0.719. The number of benzene rings is 2. The molecule has 0 saturated carbocycles. The topological polar surface area (TPSA) is 21.1 Å². The van der Waals surface area contributed by atoms with Gasteiger partial charge < -0.3 is 4.57 Å². The summed E-state index contributed by atoms with van der Waals surface area (Å²) in [6.45, 7) is 5.39. The van der Waals surface area contributed by atoms with Crippen molar-refractivity contribution in [3.05, 3.63) is 65.5 Å². The molecule has 3 nitrogen and oxygen atoms in total. The van der Waals surface area contributed by atoms with Crippen molar-refractivity contribution in [1.82, 2.24) is 14.5 Å². The maximum atomic E-state index is 4.87. The zero-order valence-electron chi connectivity index (χ0n) is 14.6. The van der Waals surface area contributed by atoms with E-state index in [4.69, 9.17) is 4.98 Å². The zero-order valence-corrected chi connectivity index (χ0v) is 14.6. The zero-order chi connectivity index (χ0) is 16.5. The van der Waals surface area contributed by atoms with E-state index in [-0.39, 0.29) is 0 Å². The summed E-state index contributed by atoms with van der Waals surface area (Å²) in [5.41, 5.74) is 5.12. The number of imidazole rings is 1. The summed E-state index contributed by atoms with van der Waals surface area (Å²) >= 11 is 0. The maximum Gasteiger partial charge on any atom is 0.123 e. The normalized spacial score (nSPS) is 16.8. The van der Waals surface area contributed by atoms with Crippen LogP contribution in [-0.2, 0) is 13.6 Å². The Morgan fingerprint density at radius 3 is 2.54 bits per heavy atom. The summed E-state index contributed by atoms with van der Waals surface area (Å²) in [6.07, 6.45) is 2.49. The Morgan fingerprint density at radius 1 is 1.04 bits per heavy atom. The molecule has 0 spiro atoms. The van der Waals surface area contributed by atoms with Crippen molar-refractivity contribution in [2.24, 2.45) is 7.05 Å². The molecule has 0 bridgehead atoms. The second-order valence-corrected chi connectivity index (χ2v) is 7.04. The van der Waals surface area contributed by atoms with Gasteiger partial charge in [-0.05, 0) is 62.0 Å². The highest BCUT2D eigenvalue weighted by molar-refractivity contribution is 5.76. The van der Waals surface area contributed by atoms with Crippen molar-refractivity contribution in [2.45, 2.75) is 32.2 Å². The van der Waals surface area contributed by atoms with Gasteiger partial charge in [-0.2, -0.15) is 0 Å². The SMILES string of the molecule is Cc1ccc2c(c1)nc(CN1CCC(c3ccccc3)CC1)n2C. The summed E-state index contributed by atoms with van der Waals surface area (Å²) < 4.78 is 2.25. The summed E-state index contributed by atoms with van der Waals surface area (Å²) in [5, 5.41) is 0. The van der Waals surface area contributed by atoms with E-state index < -0.39 is 0 Å². The second kappa shape index (κ2) is 6.40. The predicted molar refractivity (Wildman–Crippen MR) is 99.1 cm³/mol. The third kappa shape index (κ3) is 2.96. The lowest BCUT2D eigenvalue weighted by molar-refractivity contribution is 0.199. The highest BCUT2D eigenvalue weighted by atomic mass is 15.2. The first kappa shape index (κ1) is 15.4. The fraction of sp³-hybridized carbons (Fsp3) is 0.381. The molecular formula is C21H25N3. The molecule has 0 radical (unpaired) electrons. The average Bonchev–Trinajstić information content (AvgIpc) is 2.91. The lowest BCUT2D eigenvalue weighted by atomic mass is 9.89. The van der Waals surface area contributed by atoms with Gasteiger partial charge in [0.15, 0.2) is 0 Å². The van der Waals surface area contributed by atoms with Crippen molar-refractivity contribution in [1.29, 1.82) is 0 Å². The molecule has 0 N–H and O–H groups in total. The Kier molecular flexibility index (Phi) is 4.11. The van der Waals surface area contributed by atoms with E-state index in [1.165, 1.54) is 35.3 Å². The van der Waals surface area contributed by atoms with E-state index in [0.29, 0.717) is 5.92 Å². The molecule has 1 aliphatic rings. The molecule has 1 aromatic heterocycles. The number of rotatable bonds is 3. The first-order valence-electron chi connectivity index (χ1n) is 8.90. The third-order valence-corrected chi connectivity index (χ3v) is 5.35. The fourth-order valence-corrected chi connectivity index (χ4v) is 3.85. The molecule has 2 aromatic carbocycles. The average molecular weight is 319 g/mol. The van der Waals surface area contributed by atoms with E-state index in [9.17, 15) is 0 Å². The van der Waals surface area contributed by atoms with Crippen LogP contribution in [-0.4, -0.2) is 27.5 Å². The van der Waals surface area contributed by atoms with Gasteiger partial charge in [-0.1, -0.05) is 36.4 Å². The molecule has 0 atom stereocenters. The van der Waals surface area contributed by atoms with Gasteiger partial charge in [0.05, 0.1) is 17.6 Å². The van der Waals surface area contributed by atoms with Gasteiger partial charge in [-0.25, -0.2) is 4.98 Å². The minimum Gasteiger partial charge on any atom is -0.330 e. The van der Waals surface area contributed by atoms with Crippen LogP contribution < -0.4 is 0 Å². The maximum absolute atomic E-state index is 4.87. The van der Waals surface area contributed by atoms with E-state index >= 15 is 0 Å². The lowest BCUT2D eigenvalue weighted by Gasteiger charge is -2.31. The van der Waals surface area contributed by atoms with Crippen LogP contribution in [0.3, 0.4) is 0 Å². The first-order chi connectivity index (χ1) is 11.7. The Bertz CT molecular complexity index is 827. The van der Waals surface area contributed by atoms with Crippen LogP contribution >= 0.6 is 0 Å². The number of fused-ring (bicyclic) bond motifs is 1. The number of aromatic nitrogens is 2. The number of piperidine rings is 1. The van der Waals surface area contributed by atoms with Crippen LogP contribution in [0.5, 0.6) is 0 Å². The number of nitrogens with zero attached hydrogens (tertiary/aromatic N) is 3. The van der Waals surface area contributed by atoms with Crippen molar-refractivity contribution in [2.75, 3.05) is 13.1 Å². The fourth-order valence-electron chi connectivity index (χ4n) is 3.85. The second-order valence-electron chi connectivity index (χ2n) is 7.04. The van der Waals surface area contributed by atoms with Crippen molar-refractivity contribution < 1.29 is 0 Å². The Labute approximate surface area is 143 Å². The van der Waals surface area contributed by atoms with Crippen LogP contribution in [0, 0.1) is 6.92 Å². The van der Waals surface area contributed by atoms with E-state index in [0.717, 1.165) is 25.2 Å². The molecular weight excluding hydrogens is 294 g/mol. The minimum atomic E-state index is 0.713. The number of hydrogen-bond donors (Lipinski definition) is 0. The molecule has 1 fully saturated rings. The molecule has 0 unspecified atom stereocenters. The van der Waals surface area contributed by atoms with Crippen LogP contribution in [0.1, 0.15) is 35.7 Å². The minimum absolute atomic E-state index is 0.713. The molecule has 24 heavy (non-hydrogen) atoms. The van der Waals surface area contributed by atoms with Gasteiger partial charge in [0.2, 0.25) is 0 Å². The molecule has 1 saturated heterocycles. The van der Waals surface area contributed by atoms with Gasteiger partial charge >= 0.3 is 0 Å². The van der Waals surface area contributed by atoms with Crippen LogP contribution in [0.25, 0.3) is 11.0 Å².